The van der Waals surface area contributed by atoms with E-state index in [1.54, 1.807) is 25.1 Å². The number of amides is 1. The molecule has 2 N–H and O–H groups in total. The summed E-state index contributed by atoms with van der Waals surface area (Å²) in [6.45, 7) is 1.78. The minimum atomic E-state index is -1.02. The number of carbonyl (C=O) groups excluding carboxylic acids is 1. The third kappa shape index (κ3) is 4.64. The Morgan fingerprint density at radius 3 is 2.34 bits per heavy atom. The van der Waals surface area contributed by atoms with Gasteiger partial charge in [0.25, 0.3) is 0 Å². The molecule has 6 heteroatoms. The fourth-order valence-corrected chi connectivity index (χ4v) is 3.94. The molecular formula is C26H25NO5. The average Bonchev–Trinajstić information content (AvgIpc) is 3.60. The van der Waals surface area contributed by atoms with Crippen LogP contribution < -0.4 is 0 Å². The van der Waals surface area contributed by atoms with Crippen LogP contribution in [-0.2, 0) is 16.1 Å². The highest BCUT2D eigenvalue weighted by molar-refractivity contribution is 5.98. The van der Waals surface area contributed by atoms with E-state index in [2.05, 4.69) is 0 Å². The van der Waals surface area contributed by atoms with Gasteiger partial charge in [0.05, 0.1) is 5.56 Å². The fraction of sp³-hybridized carbons (Fsp3) is 0.269. The number of aromatic carboxylic acids is 1. The maximum absolute atomic E-state index is 12.7. The summed E-state index contributed by atoms with van der Waals surface area (Å²) in [7, 11) is 0. The number of carbonyl (C=O) groups is 3. The lowest BCUT2D eigenvalue weighted by atomic mass is 9.96. The number of carboxylic acids is 2. The number of fused-ring (bicyclic) bond motifs is 1. The molecule has 3 aromatic rings. The van der Waals surface area contributed by atoms with Crippen LogP contribution in [0.3, 0.4) is 0 Å². The van der Waals surface area contributed by atoms with Crippen LogP contribution in [0.15, 0.2) is 60.7 Å². The quantitative estimate of drug-likeness (QED) is 0.534. The number of benzene rings is 3. The molecule has 6 nitrogen and oxygen atoms in total. The first-order chi connectivity index (χ1) is 15.3. The van der Waals surface area contributed by atoms with Gasteiger partial charge >= 0.3 is 11.9 Å². The molecule has 1 saturated carbocycles. The van der Waals surface area contributed by atoms with Gasteiger partial charge in [0, 0.05) is 13.0 Å². The summed E-state index contributed by atoms with van der Waals surface area (Å²) in [4.78, 5) is 37.3. The highest BCUT2D eigenvalue weighted by Crippen LogP contribution is 2.33. The fourth-order valence-electron chi connectivity index (χ4n) is 3.94. The molecule has 1 aliphatic rings. The summed E-state index contributed by atoms with van der Waals surface area (Å²) in [5.74, 6) is -1.73. The molecule has 3 aromatic carbocycles. The Kier molecular flexibility index (Phi) is 5.95. The Bertz CT molecular complexity index is 1200. The number of carboxylic acid groups (broad SMARTS) is 2. The zero-order valence-electron chi connectivity index (χ0n) is 17.8. The molecule has 0 bridgehead atoms. The summed E-state index contributed by atoms with van der Waals surface area (Å²) in [5, 5.41) is 20.8. The van der Waals surface area contributed by atoms with Gasteiger partial charge in [-0.25, -0.2) is 9.59 Å². The molecule has 1 atom stereocenters. The van der Waals surface area contributed by atoms with Gasteiger partial charge in [-0.15, -0.1) is 0 Å². The molecule has 32 heavy (non-hydrogen) atoms. The van der Waals surface area contributed by atoms with Crippen molar-refractivity contribution in [2.45, 2.75) is 38.8 Å². The maximum Gasteiger partial charge on any atom is 0.336 e. The molecule has 0 aliphatic heterocycles. The van der Waals surface area contributed by atoms with Gasteiger partial charge in [-0.2, -0.15) is 0 Å². The Morgan fingerprint density at radius 1 is 0.969 bits per heavy atom. The van der Waals surface area contributed by atoms with Crippen LogP contribution in [0, 0.1) is 5.92 Å². The highest BCUT2D eigenvalue weighted by atomic mass is 16.4. The first kappa shape index (κ1) is 21.6. The lowest BCUT2D eigenvalue weighted by Crippen LogP contribution is -2.42. The normalized spacial score (nSPS) is 14.2. The van der Waals surface area contributed by atoms with Crippen molar-refractivity contribution in [3.8, 4) is 11.1 Å². The smallest absolute Gasteiger partial charge is 0.336 e. The zero-order chi connectivity index (χ0) is 22.8. The number of aliphatic carboxylic acids is 1. The number of hydrogen-bond donors (Lipinski definition) is 2. The highest BCUT2D eigenvalue weighted by Gasteiger charge is 2.31. The zero-order valence-corrected chi connectivity index (χ0v) is 17.8. The molecule has 0 spiro atoms. The second kappa shape index (κ2) is 8.83. The van der Waals surface area contributed by atoms with E-state index < -0.39 is 18.0 Å². The van der Waals surface area contributed by atoms with Gasteiger partial charge in [-0.3, -0.25) is 4.79 Å². The van der Waals surface area contributed by atoms with Crippen molar-refractivity contribution in [1.82, 2.24) is 4.90 Å². The van der Waals surface area contributed by atoms with Gasteiger partial charge in [0.1, 0.15) is 6.04 Å². The summed E-state index contributed by atoms with van der Waals surface area (Å²) in [5.41, 5.74) is 2.56. The molecule has 1 amide bonds. The van der Waals surface area contributed by atoms with Crippen LogP contribution in [-0.4, -0.2) is 39.0 Å². The van der Waals surface area contributed by atoms with Gasteiger partial charge in [-0.1, -0.05) is 42.5 Å². The van der Waals surface area contributed by atoms with Gasteiger partial charge in [0.15, 0.2) is 0 Å². The monoisotopic (exact) mass is 431 g/mol. The van der Waals surface area contributed by atoms with E-state index in [9.17, 15) is 24.6 Å². The number of nitrogens with zero attached hydrogens (tertiary/aromatic N) is 1. The predicted molar refractivity (Wildman–Crippen MR) is 121 cm³/mol. The van der Waals surface area contributed by atoms with E-state index in [-0.39, 0.29) is 18.0 Å². The van der Waals surface area contributed by atoms with E-state index >= 15 is 0 Å². The summed E-state index contributed by atoms with van der Waals surface area (Å²) < 4.78 is 0. The van der Waals surface area contributed by atoms with E-state index in [1.807, 2.05) is 42.5 Å². The topological polar surface area (TPSA) is 94.9 Å². The van der Waals surface area contributed by atoms with Crippen molar-refractivity contribution >= 4 is 28.6 Å². The Hall–Kier alpha value is -3.67. The lowest BCUT2D eigenvalue weighted by Gasteiger charge is -2.27. The van der Waals surface area contributed by atoms with E-state index in [1.165, 1.54) is 4.90 Å². The first-order valence-corrected chi connectivity index (χ1v) is 10.7. The van der Waals surface area contributed by atoms with Crippen LogP contribution in [0.2, 0.25) is 0 Å². The van der Waals surface area contributed by atoms with E-state index in [4.69, 9.17) is 0 Å². The van der Waals surface area contributed by atoms with Crippen LogP contribution in [0.4, 0.5) is 0 Å². The van der Waals surface area contributed by atoms with Crippen molar-refractivity contribution in [2.75, 3.05) is 0 Å². The molecule has 4 rings (SSSR count). The van der Waals surface area contributed by atoms with Crippen LogP contribution >= 0.6 is 0 Å². The molecule has 164 valence electrons. The van der Waals surface area contributed by atoms with Crippen molar-refractivity contribution in [1.29, 1.82) is 0 Å². The third-order valence-electron chi connectivity index (χ3n) is 6.03. The Labute approximate surface area is 186 Å². The van der Waals surface area contributed by atoms with Gasteiger partial charge in [0.2, 0.25) is 5.91 Å². The third-order valence-corrected chi connectivity index (χ3v) is 6.03. The van der Waals surface area contributed by atoms with Crippen molar-refractivity contribution in [2.24, 2.45) is 5.92 Å². The van der Waals surface area contributed by atoms with E-state index in [0.29, 0.717) is 17.9 Å². The second-order valence-corrected chi connectivity index (χ2v) is 8.43. The average molecular weight is 431 g/mol. The molecule has 1 fully saturated rings. The summed E-state index contributed by atoms with van der Waals surface area (Å²) in [6.07, 6.45) is 2.46. The molecule has 0 saturated heterocycles. The number of hydrogen-bond acceptors (Lipinski definition) is 3. The molecule has 0 radical (unpaired) electrons. The summed E-state index contributed by atoms with van der Waals surface area (Å²) >= 11 is 0. The SMILES string of the molecule is C[C@@H](C(=O)O)N(Cc1ccc2cc(-c3ccccc3C(=O)O)ccc2c1)C(=O)CC1CC1. The minimum absolute atomic E-state index is 0.122. The molecule has 1 aliphatic carbocycles. The lowest BCUT2D eigenvalue weighted by molar-refractivity contribution is -0.150. The largest absolute Gasteiger partial charge is 0.480 e. The van der Waals surface area contributed by atoms with Crippen molar-refractivity contribution < 1.29 is 24.6 Å². The van der Waals surface area contributed by atoms with Gasteiger partial charge < -0.3 is 15.1 Å². The molecule has 0 aromatic heterocycles. The van der Waals surface area contributed by atoms with Crippen LogP contribution in [0.5, 0.6) is 0 Å². The standard InChI is InChI=1S/C26H25NO5/c1-16(25(29)30)27(24(28)13-17-6-7-17)15-18-8-9-20-14-21(11-10-19(20)12-18)22-4-2-3-5-23(22)26(31)32/h2-5,8-12,14,16-17H,6-7,13,15H2,1H3,(H,29,30)(H,31,32)/t16-/m0/s1. The van der Waals surface area contributed by atoms with Crippen molar-refractivity contribution in [3.05, 3.63) is 71.8 Å². The minimum Gasteiger partial charge on any atom is -0.480 e. The molecular weight excluding hydrogens is 406 g/mol. The van der Waals surface area contributed by atoms with Gasteiger partial charge in [-0.05, 0) is 71.3 Å². The van der Waals surface area contributed by atoms with Crippen LogP contribution in [0.1, 0.15) is 42.1 Å². The summed E-state index contributed by atoms with van der Waals surface area (Å²) in [6, 6.07) is 17.5. The Balaban J connectivity index is 1.62. The second-order valence-electron chi connectivity index (χ2n) is 8.43. The van der Waals surface area contributed by atoms with Crippen LogP contribution in [0.25, 0.3) is 21.9 Å². The Morgan fingerprint density at radius 2 is 1.66 bits per heavy atom. The maximum atomic E-state index is 12.7. The van der Waals surface area contributed by atoms with E-state index in [0.717, 1.165) is 34.7 Å². The molecule has 0 unspecified atom stereocenters. The first-order valence-electron chi connectivity index (χ1n) is 10.7. The predicted octanol–water partition coefficient (Wildman–Crippen LogP) is 4.81. The molecule has 0 heterocycles. The van der Waals surface area contributed by atoms with Crippen molar-refractivity contribution in [3.63, 3.8) is 0 Å². The number of rotatable bonds is 8.